The van der Waals surface area contributed by atoms with Crippen molar-refractivity contribution in [2.24, 2.45) is 5.16 Å². The molecule has 0 spiro atoms. The van der Waals surface area contributed by atoms with Gasteiger partial charge in [0, 0.05) is 19.1 Å². The maximum atomic E-state index is 11.6. The van der Waals surface area contributed by atoms with Crippen molar-refractivity contribution in [1.29, 1.82) is 0 Å². The Balaban J connectivity index is 1.68. The fourth-order valence-corrected chi connectivity index (χ4v) is 4.19. The third kappa shape index (κ3) is 5.46. The van der Waals surface area contributed by atoms with Crippen molar-refractivity contribution in [2.45, 2.75) is 57.5 Å². The molecule has 2 aromatic rings. The zero-order valence-electron chi connectivity index (χ0n) is 17.4. The van der Waals surface area contributed by atoms with Crippen molar-refractivity contribution in [3.63, 3.8) is 0 Å². The van der Waals surface area contributed by atoms with Gasteiger partial charge in [-0.05, 0) is 55.0 Å². The second-order valence-corrected chi connectivity index (χ2v) is 10.6. The first-order valence-corrected chi connectivity index (χ1v) is 11.9. The second kappa shape index (κ2) is 8.67. The maximum absolute atomic E-state index is 11.6. The lowest BCUT2D eigenvalue weighted by molar-refractivity contribution is 0.0792. The SMILES string of the molecule is Cc1cc(CC(C)O)ccc1-c1ccc(C2=NOC(CC(C)S(C)(=O)=O)C2)cc1. The van der Waals surface area contributed by atoms with Crippen LogP contribution in [0.5, 0.6) is 0 Å². The second-order valence-electron chi connectivity index (χ2n) is 8.13. The molecule has 0 fully saturated rings. The molecule has 156 valence electrons. The molecule has 29 heavy (non-hydrogen) atoms. The summed E-state index contributed by atoms with van der Waals surface area (Å²) in [6.07, 6.45) is 2.43. The van der Waals surface area contributed by atoms with Crippen LogP contribution in [0.25, 0.3) is 11.1 Å². The van der Waals surface area contributed by atoms with E-state index in [1.165, 1.54) is 11.8 Å². The van der Waals surface area contributed by atoms with E-state index in [1.807, 2.05) is 12.1 Å². The van der Waals surface area contributed by atoms with Gasteiger partial charge in [-0.3, -0.25) is 0 Å². The Morgan fingerprint density at radius 1 is 1.14 bits per heavy atom. The predicted molar refractivity (Wildman–Crippen MR) is 117 cm³/mol. The van der Waals surface area contributed by atoms with Gasteiger partial charge in [-0.2, -0.15) is 0 Å². The van der Waals surface area contributed by atoms with Crippen molar-refractivity contribution < 1.29 is 18.4 Å². The van der Waals surface area contributed by atoms with Crippen LogP contribution < -0.4 is 0 Å². The summed E-state index contributed by atoms with van der Waals surface area (Å²) < 4.78 is 23.3. The number of hydrogen-bond acceptors (Lipinski definition) is 5. The zero-order valence-corrected chi connectivity index (χ0v) is 18.2. The Hall–Kier alpha value is -2.18. The van der Waals surface area contributed by atoms with Crippen LogP contribution in [0, 0.1) is 6.92 Å². The number of oxime groups is 1. The first-order chi connectivity index (χ1) is 13.6. The van der Waals surface area contributed by atoms with E-state index in [9.17, 15) is 13.5 Å². The van der Waals surface area contributed by atoms with Crippen LogP contribution in [0.3, 0.4) is 0 Å². The molecule has 0 aliphatic carbocycles. The van der Waals surface area contributed by atoms with Crippen molar-refractivity contribution >= 4 is 15.5 Å². The molecule has 0 saturated carbocycles. The van der Waals surface area contributed by atoms with Gasteiger partial charge in [-0.1, -0.05) is 47.6 Å². The van der Waals surface area contributed by atoms with Crippen LogP contribution in [0.15, 0.2) is 47.6 Å². The molecule has 1 N–H and O–H groups in total. The monoisotopic (exact) mass is 415 g/mol. The summed E-state index contributed by atoms with van der Waals surface area (Å²) in [7, 11) is -3.07. The van der Waals surface area contributed by atoms with Gasteiger partial charge in [-0.15, -0.1) is 0 Å². The smallest absolute Gasteiger partial charge is 0.150 e. The molecule has 0 bridgehead atoms. The third-order valence-electron chi connectivity index (χ3n) is 5.41. The van der Waals surface area contributed by atoms with Crippen LogP contribution >= 0.6 is 0 Å². The Labute approximate surface area is 173 Å². The highest BCUT2D eigenvalue weighted by atomic mass is 32.2. The van der Waals surface area contributed by atoms with Gasteiger partial charge < -0.3 is 9.94 Å². The molecular formula is C23H29NO4S. The highest BCUT2D eigenvalue weighted by Gasteiger charge is 2.27. The molecule has 0 saturated heterocycles. The first kappa shape index (κ1) is 21.5. The molecule has 1 aliphatic rings. The fourth-order valence-electron chi connectivity index (χ4n) is 3.63. The molecule has 3 unspecified atom stereocenters. The first-order valence-electron chi connectivity index (χ1n) is 9.93. The predicted octanol–water partition coefficient (Wildman–Crippen LogP) is 3.90. The van der Waals surface area contributed by atoms with E-state index >= 15 is 0 Å². The van der Waals surface area contributed by atoms with Gasteiger partial charge in [0.25, 0.3) is 0 Å². The zero-order chi connectivity index (χ0) is 21.2. The van der Waals surface area contributed by atoms with Crippen molar-refractivity contribution in [1.82, 2.24) is 0 Å². The average Bonchev–Trinajstić information content (AvgIpc) is 3.09. The largest absolute Gasteiger partial charge is 0.393 e. The van der Waals surface area contributed by atoms with E-state index in [0.29, 0.717) is 19.3 Å². The number of hydrogen-bond donors (Lipinski definition) is 1. The van der Waals surface area contributed by atoms with Crippen LogP contribution in [0.4, 0.5) is 0 Å². The molecule has 1 aliphatic heterocycles. The van der Waals surface area contributed by atoms with Gasteiger partial charge in [0.15, 0.2) is 0 Å². The normalized spacial score (nSPS) is 18.8. The van der Waals surface area contributed by atoms with Crippen molar-refractivity contribution in [3.05, 3.63) is 59.2 Å². The Kier molecular flexibility index (Phi) is 6.44. The number of benzene rings is 2. The Morgan fingerprint density at radius 2 is 1.79 bits per heavy atom. The number of aryl methyl sites for hydroxylation is 1. The number of sulfone groups is 1. The Morgan fingerprint density at radius 3 is 2.38 bits per heavy atom. The average molecular weight is 416 g/mol. The summed E-state index contributed by atoms with van der Waals surface area (Å²) in [5.41, 5.74) is 6.43. The quantitative estimate of drug-likeness (QED) is 0.744. The maximum Gasteiger partial charge on any atom is 0.150 e. The van der Waals surface area contributed by atoms with E-state index < -0.39 is 15.1 Å². The molecule has 3 rings (SSSR count). The van der Waals surface area contributed by atoms with Crippen LogP contribution in [0.1, 0.15) is 43.4 Å². The molecule has 0 amide bonds. The molecule has 0 radical (unpaired) electrons. The van der Waals surface area contributed by atoms with E-state index in [-0.39, 0.29) is 12.2 Å². The summed E-state index contributed by atoms with van der Waals surface area (Å²) in [5, 5.41) is 13.3. The van der Waals surface area contributed by atoms with E-state index in [1.54, 1.807) is 13.8 Å². The van der Waals surface area contributed by atoms with Gasteiger partial charge in [0.05, 0.1) is 17.1 Å². The van der Waals surface area contributed by atoms with Gasteiger partial charge in [-0.25, -0.2) is 8.42 Å². The molecular weight excluding hydrogens is 386 g/mol. The summed E-state index contributed by atoms with van der Waals surface area (Å²) >= 11 is 0. The van der Waals surface area contributed by atoms with Crippen LogP contribution in [0.2, 0.25) is 0 Å². The lowest BCUT2D eigenvalue weighted by atomic mass is 9.95. The topological polar surface area (TPSA) is 76.0 Å². The van der Waals surface area contributed by atoms with Gasteiger partial charge >= 0.3 is 0 Å². The third-order valence-corrected chi connectivity index (χ3v) is 7.06. The minimum Gasteiger partial charge on any atom is -0.393 e. The highest BCUT2D eigenvalue weighted by molar-refractivity contribution is 7.91. The molecule has 0 aromatic heterocycles. The minimum absolute atomic E-state index is 0.196. The van der Waals surface area contributed by atoms with E-state index in [2.05, 4.69) is 42.4 Å². The fraction of sp³-hybridized carbons (Fsp3) is 0.435. The van der Waals surface area contributed by atoms with Gasteiger partial charge in [0.2, 0.25) is 0 Å². The van der Waals surface area contributed by atoms with Crippen LogP contribution in [-0.4, -0.2) is 42.9 Å². The molecule has 2 aromatic carbocycles. The molecule has 5 nitrogen and oxygen atoms in total. The number of aliphatic hydroxyl groups is 1. The summed E-state index contributed by atoms with van der Waals surface area (Å²) in [5.74, 6) is 0. The number of nitrogens with zero attached hydrogens (tertiary/aromatic N) is 1. The standard InChI is InChI=1S/C23H29NO4S/c1-15-11-18(12-16(2)25)5-10-22(15)19-6-8-20(9-7-19)23-14-21(28-24-23)13-17(3)29(4,26)27/h5-11,16-17,21,25H,12-14H2,1-4H3. The summed E-state index contributed by atoms with van der Waals surface area (Å²) in [4.78, 5) is 5.47. The molecule has 3 atom stereocenters. The van der Waals surface area contributed by atoms with Gasteiger partial charge in [0.1, 0.15) is 15.9 Å². The number of rotatable bonds is 7. The molecule has 1 heterocycles. The Bertz CT molecular complexity index is 994. The van der Waals surface area contributed by atoms with Crippen LogP contribution in [-0.2, 0) is 21.1 Å². The minimum atomic E-state index is -3.07. The van der Waals surface area contributed by atoms with Crippen molar-refractivity contribution in [3.8, 4) is 11.1 Å². The van der Waals surface area contributed by atoms with E-state index in [0.717, 1.165) is 28.0 Å². The lowest BCUT2D eigenvalue weighted by Crippen LogP contribution is -2.23. The number of aliphatic hydroxyl groups excluding tert-OH is 1. The van der Waals surface area contributed by atoms with E-state index in [4.69, 9.17) is 4.84 Å². The molecule has 6 heteroatoms. The van der Waals surface area contributed by atoms with Crippen molar-refractivity contribution in [2.75, 3.05) is 6.26 Å². The summed E-state index contributed by atoms with van der Waals surface area (Å²) in [6.45, 7) is 5.58. The summed E-state index contributed by atoms with van der Waals surface area (Å²) in [6, 6.07) is 14.5. The lowest BCUT2D eigenvalue weighted by Gasteiger charge is -2.13. The highest BCUT2D eigenvalue weighted by Crippen LogP contribution is 2.27.